The summed E-state index contributed by atoms with van der Waals surface area (Å²) in [6.07, 6.45) is 3.57. The number of hydrogen-bond acceptors (Lipinski definition) is 1. The predicted molar refractivity (Wildman–Crippen MR) is 109 cm³/mol. The van der Waals surface area contributed by atoms with Crippen LogP contribution >= 0.6 is 0 Å². The van der Waals surface area contributed by atoms with Crippen LogP contribution in [0.5, 0.6) is 0 Å². The number of para-hydroxylation sites is 1. The lowest BCUT2D eigenvalue weighted by molar-refractivity contribution is 1.27. The summed E-state index contributed by atoms with van der Waals surface area (Å²) in [5.41, 5.74) is 2.16. The molecular formula is C23H21N3. The Morgan fingerprint density at radius 3 is 1.62 bits per heavy atom. The Morgan fingerprint density at radius 1 is 0.615 bits per heavy atom. The van der Waals surface area contributed by atoms with Crippen molar-refractivity contribution in [3.05, 3.63) is 116 Å². The summed E-state index contributed by atoms with van der Waals surface area (Å²) >= 11 is 0. The van der Waals surface area contributed by atoms with Crippen molar-refractivity contribution < 1.29 is 0 Å². The lowest BCUT2D eigenvalue weighted by Gasteiger charge is -1.88. The number of nitrogens with one attached hydrogen (secondary N) is 2. The Hall–Kier alpha value is -3.59. The Morgan fingerprint density at radius 2 is 1.15 bits per heavy atom. The van der Waals surface area contributed by atoms with E-state index >= 15 is 0 Å². The number of H-pyrrole nitrogens is 2. The molecule has 0 unspecified atom stereocenters. The van der Waals surface area contributed by atoms with Crippen molar-refractivity contribution in [1.82, 2.24) is 15.0 Å². The van der Waals surface area contributed by atoms with Gasteiger partial charge < -0.3 is 9.97 Å². The quantitative estimate of drug-likeness (QED) is 0.390. The van der Waals surface area contributed by atoms with Crippen LogP contribution in [0.25, 0.3) is 22.4 Å². The third kappa shape index (κ3) is 5.21. The third-order valence-electron chi connectivity index (χ3n) is 3.62. The van der Waals surface area contributed by atoms with Crippen molar-refractivity contribution in [3.8, 4) is 11.5 Å². The zero-order chi connectivity index (χ0) is 17.9. The van der Waals surface area contributed by atoms with Gasteiger partial charge in [-0.2, -0.15) is 0 Å². The first kappa shape index (κ1) is 17.2. The maximum Gasteiger partial charge on any atom is 0.153 e. The fraction of sp³-hybridized carbons (Fsp3) is 0. The molecule has 0 radical (unpaired) electrons. The SMILES string of the molecule is c1ccc2[nH]c(-c3ncc[nH]3)cc2c1.c1ccccc1.c1ccccc1. The molecule has 3 aromatic carbocycles. The molecule has 128 valence electrons. The summed E-state index contributed by atoms with van der Waals surface area (Å²) in [6.45, 7) is 0. The smallest absolute Gasteiger partial charge is 0.153 e. The van der Waals surface area contributed by atoms with Gasteiger partial charge in [0.1, 0.15) is 0 Å². The number of hydrogen-bond donors (Lipinski definition) is 2. The average Bonchev–Trinajstić information content (AvgIpc) is 3.41. The molecule has 0 atom stereocenters. The van der Waals surface area contributed by atoms with Gasteiger partial charge in [0.05, 0.1) is 5.69 Å². The molecule has 5 rings (SSSR count). The van der Waals surface area contributed by atoms with E-state index in [1.807, 2.05) is 91.1 Å². The van der Waals surface area contributed by atoms with E-state index in [1.165, 1.54) is 5.39 Å². The van der Waals surface area contributed by atoms with Gasteiger partial charge in [-0.3, -0.25) is 0 Å². The molecule has 26 heavy (non-hydrogen) atoms. The molecule has 0 aliphatic heterocycles. The van der Waals surface area contributed by atoms with E-state index in [1.54, 1.807) is 6.20 Å². The van der Waals surface area contributed by atoms with Gasteiger partial charge in [-0.05, 0) is 12.1 Å². The van der Waals surface area contributed by atoms with Crippen molar-refractivity contribution in [2.45, 2.75) is 0 Å². The molecule has 3 nitrogen and oxygen atoms in total. The van der Waals surface area contributed by atoms with Gasteiger partial charge in [0.25, 0.3) is 0 Å². The first-order chi connectivity index (χ1) is 12.9. The molecule has 0 saturated heterocycles. The first-order valence-corrected chi connectivity index (χ1v) is 8.51. The van der Waals surface area contributed by atoms with Gasteiger partial charge in [-0.25, -0.2) is 4.98 Å². The summed E-state index contributed by atoms with van der Waals surface area (Å²) < 4.78 is 0. The minimum Gasteiger partial charge on any atom is -0.352 e. The summed E-state index contributed by atoms with van der Waals surface area (Å²) in [5, 5.41) is 1.21. The molecule has 0 amide bonds. The van der Waals surface area contributed by atoms with Crippen LogP contribution in [-0.2, 0) is 0 Å². The maximum absolute atomic E-state index is 4.19. The topological polar surface area (TPSA) is 44.5 Å². The Labute approximate surface area is 153 Å². The molecule has 0 fully saturated rings. The molecule has 2 N–H and O–H groups in total. The minimum atomic E-state index is 0.876. The highest BCUT2D eigenvalue weighted by atomic mass is 14.9. The number of fused-ring (bicyclic) bond motifs is 1. The van der Waals surface area contributed by atoms with Crippen LogP contribution in [0.3, 0.4) is 0 Å². The third-order valence-corrected chi connectivity index (χ3v) is 3.62. The van der Waals surface area contributed by atoms with Crippen molar-refractivity contribution in [3.63, 3.8) is 0 Å². The van der Waals surface area contributed by atoms with Gasteiger partial charge in [-0.1, -0.05) is 91.0 Å². The van der Waals surface area contributed by atoms with Crippen molar-refractivity contribution in [2.75, 3.05) is 0 Å². The van der Waals surface area contributed by atoms with E-state index < -0.39 is 0 Å². The number of nitrogens with zero attached hydrogens (tertiary/aromatic N) is 1. The van der Waals surface area contributed by atoms with E-state index in [9.17, 15) is 0 Å². The molecule has 0 aliphatic carbocycles. The molecule has 0 saturated carbocycles. The first-order valence-electron chi connectivity index (χ1n) is 8.51. The van der Waals surface area contributed by atoms with E-state index in [2.05, 4.69) is 33.2 Å². The molecule has 0 aliphatic rings. The number of aromatic nitrogens is 3. The molecule has 2 aromatic heterocycles. The van der Waals surface area contributed by atoms with Crippen molar-refractivity contribution in [2.24, 2.45) is 0 Å². The lowest BCUT2D eigenvalue weighted by atomic mass is 10.2. The number of benzene rings is 3. The zero-order valence-electron chi connectivity index (χ0n) is 14.4. The summed E-state index contributed by atoms with van der Waals surface area (Å²) in [7, 11) is 0. The van der Waals surface area contributed by atoms with Crippen LogP contribution in [-0.4, -0.2) is 15.0 Å². The van der Waals surface area contributed by atoms with Crippen LogP contribution in [0.4, 0.5) is 0 Å². The summed E-state index contributed by atoms with van der Waals surface area (Å²) in [5.74, 6) is 0.876. The van der Waals surface area contributed by atoms with Crippen LogP contribution in [0, 0.1) is 0 Å². The fourth-order valence-corrected chi connectivity index (χ4v) is 2.38. The highest BCUT2D eigenvalue weighted by molar-refractivity contribution is 5.84. The minimum absolute atomic E-state index is 0.876. The van der Waals surface area contributed by atoms with Crippen LogP contribution in [0.2, 0.25) is 0 Å². The molecule has 0 bridgehead atoms. The second kappa shape index (κ2) is 9.64. The van der Waals surface area contributed by atoms with Gasteiger partial charge in [0.2, 0.25) is 0 Å². The van der Waals surface area contributed by atoms with Gasteiger partial charge in [0.15, 0.2) is 5.82 Å². The van der Waals surface area contributed by atoms with Gasteiger partial charge >= 0.3 is 0 Å². The zero-order valence-corrected chi connectivity index (χ0v) is 14.4. The molecule has 2 heterocycles. The number of rotatable bonds is 1. The van der Waals surface area contributed by atoms with Crippen LogP contribution in [0.1, 0.15) is 0 Å². The summed E-state index contributed by atoms with van der Waals surface area (Å²) in [6, 6.07) is 34.3. The maximum atomic E-state index is 4.19. The van der Waals surface area contributed by atoms with Crippen LogP contribution < -0.4 is 0 Å². The number of aromatic amines is 2. The monoisotopic (exact) mass is 339 g/mol. The fourth-order valence-electron chi connectivity index (χ4n) is 2.38. The summed E-state index contributed by atoms with van der Waals surface area (Å²) in [4.78, 5) is 10.6. The van der Waals surface area contributed by atoms with E-state index in [0.717, 1.165) is 17.0 Å². The largest absolute Gasteiger partial charge is 0.352 e. The van der Waals surface area contributed by atoms with E-state index in [4.69, 9.17) is 0 Å². The molecule has 3 heteroatoms. The van der Waals surface area contributed by atoms with Crippen LogP contribution in [0.15, 0.2) is 116 Å². The Kier molecular flexibility index (Phi) is 6.39. The number of imidazole rings is 1. The normalized spacial score (nSPS) is 9.54. The van der Waals surface area contributed by atoms with Gasteiger partial charge in [-0.15, -0.1) is 0 Å². The second-order valence-corrected chi connectivity index (χ2v) is 5.52. The van der Waals surface area contributed by atoms with Crippen molar-refractivity contribution >= 4 is 10.9 Å². The Balaban J connectivity index is 0.000000135. The highest BCUT2D eigenvalue weighted by Crippen LogP contribution is 2.20. The predicted octanol–water partition coefficient (Wildman–Crippen LogP) is 5.93. The Bertz CT molecular complexity index is 854. The molecule has 5 aromatic rings. The lowest BCUT2D eigenvalue weighted by Crippen LogP contribution is -1.77. The van der Waals surface area contributed by atoms with E-state index in [-0.39, 0.29) is 0 Å². The average molecular weight is 339 g/mol. The van der Waals surface area contributed by atoms with Crippen molar-refractivity contribution in [1.29, 1.82) is 0 Å². The molecule has 0 spiro atoms. The highest BCUT2D eigenvalue weighted by Gasteiger charge is 2.03. The second-order valence-electron chi connectivity index (χ2n) is 5.52. The van der Waals surface area contributed by atoms with E-state index in [0.29, 0.717) is 0 Å². The standard InChI is InChI=1S/C11H9N3.2C6H6/c1-2-4-9-8(3-1)7-10(14-9)11-12-5-6-13-11;2*1-2-4-6-5-3-1/h1-7,14H,(H,12,13);2*1-6H. The van der Waals surface area contributed by atoms with Gasteiger partial charge in [0, 0.05) is 23.3 Å². The molecular weight excluding hydrogens is 318 g/mol.